The number of amides is 3. The summed E-state index contributed by atoms with van der Waals surface area (Å²) in [5.41, 5.74) is 5.92. The van der Waals surface area contributed by atoms with Crippen LogP contribution in [0.15, 0.2) is 47.9 Å². The highest BCUT2D eigenvalue weighted by Gasteiger charge is 2.14. The molecule has 2 N–H and O–H groups in total. The zero-order valence-electron chi connectivity index (χ0n) is 16.8. The molecule has 0 unspecified atom stereocenters. The molecule has 3 rings (SSSR count). The lowest BCUT2D eigenvalue weighted by molar-refractivity contribution is -0.117. The second kappa shape index (κ2) is 8.91. The molecule has 0 spiro atoms. The second-order valence-electron chi connectivity index (χ2n) is 6.88. The summed E-state index contributed by atoms with van der Waals surface area (Å²) >= 11 is 1.22. The monoisotopic (exact) mass is 409 g/mol. The molecule has 1 aromatic heterocycles. The van der Waals surface area contributed by atoms with Gasteiger partial charge in [0.05, 0.1) is 11.4 Å². The molecular weight excluding hydrogens is 386 g/mol. The van der Waals surface area contributed by atoms with Crippen LogP contribution in [0.5, 0.6) is 0 Å². The number of anilines is 1. The number of aryl methyl sites for hydroxylation is 4. The molecule has 0 saturated carbocycles. The molecule has 3 amide bonds. The summed E-state index contributed by atoms with van der Waals surface area (Å²) in [6, 6.07) is 11.2. The standard InChI is InChI=1S/C21H23N5O2S/c1-13-5-7-17(15(3)9-13)23-20(28)24-19(27)11-29-21-25-22-12-26(21)18-8-6-14(2)10-16(18)4/h5-10,12H,11H2,1-4H3,(H2,23,24,27,28). The molecule has 0 fully saturated rings. The molecule has 2 aromatic carbocycles. The minimum absolute atomic E-state index is 0.0455. The number of thioether (sulfide) groups is 1. The van der Waals surface area contributed by atoms with Crippen molar-refractivity contribution >= 4 is 29.4 Å². The van der Waals surface area contributed by atoms with Crippen LogP contribution in [0.1, 0.15) is 22.3 Å². The van der Waals surface area contributed by atoms with Gasteiger partial charge in [-0.15, -0.1) is 10.2 Å². The van der Waals surface area contributed by atoms with Crippen molar-refractivity contribution in [2.75, 3.05) is 11.1 Å². The van der Waals surface area contributed by atoms with Gasteiger partial charge in [-0.05, 0) is 51.0 Å². The molecule has 3 aromatic rings. The van der Waals surface area contributed by atoms with E-state index in [4.69, 9.17) is 0 Å². The van der Waals surface area contributed by atoms with E-state index in [2.05, 4.69) is 26.9 Å². The van der Waals surface area contributed by atoms with Gasteiger partial charge in [-0.1, -0.05) is 47.2 Å². The Balaban J connectivity index is 1.59. The molecule has 0 atom stereocenters. The Morgan fingerprint density at radius 1 is 1.00 bits per heavy atom. The van der Waals surface area contributed by atoms with Crippen molar-refractivity contribution in [3.63, 3.8) is 0 Å². The van der Waals surface area contributed by atoms with E-state index >= 15 is 0 Å². The fourth-order valence-corrected chi connectivity index (χ4v) is 3.69. The summed E-state index contributed by atoms with van der Waals surface area (Å²) in [5.74, 6) is -0.364. The first-order valence-electron chi connectivity index (χ1n) is 9.12. The fourth-order valence-electron chi connectivity index (χ4n) is 2.96. The Morgan fingerprint density at radius 2 is 1.69 bits per heavy atom. The molecule has 29 heavy (non-hydrogen) atoms. The van der Waals surface area contributed by atoms with Crippen molar-refractivity contribution in [1.29, 1.82) is 0 Å². The van der Waals surface area contributed by atoms with Crippen molar-refractivity contribution < 1.29 is 9.59 Å². The van der Waals surface area contributed by atoms with Crippen LogP contribution in [0.3, 0.4) is 0 Å². The summed E-state index contributed by atoms with van der Waals surface area (Å²) in [5, 5.41) is 13.7. The van der Waals surface area contributed by atoms with E-state index in [-0.39, 0.29) is 5.75 Å². The zero-order chi connectivity index (χ0) is 21.0. The summed E-state index contributed by atoms with van der Waals surface area (Å²) < 4.78 is 1.84. The van der Waals surface area contributed by atoms with Crippen LogP contribution < -0.4 is 10.6 Å². The molecule has 8 heteroatoms. The Morgan fingerprint density at radius 3 is 2.38 bits per heavy atom. The number of carbonyl (C=O) groups excluding carboxylic acids is 2. The van der Waals surface area contributed by atoms with Crippen LogP contribution in [0.4, 0.5) is 10.5 Å². The van der Waals surface area contributed by atoms with Gasteiger partial charge in [0.25, 0.3) is 0 Å². The summed E-state index contributed by atoms with van der Waals surface area (Å²) in [7, 11) is 0. The third-order valence-corrected chi connectivity index (χ3v) is 5.29. The van der Waals surface area contributed by atoms with E-state index in [1.807, 2.05) is 62.6 Å². The summed E-state index contributed by atoms with van der Waals surface area (Å²) in [6.07, 6.45) is 1.62. The van der Waals surface area contributed by atoms with E-state index < -0.39 is 11.9 Å². The minimum atomic E-state index is -0.557. The zero-order valence-corrected chi connectivity index (χ0v) is 17.6. The van der Waals surface area contributed by atoms with Crippen molar-refractivity contribution in [2.24, 2.45) is 0 Å². The number of aromatic nitrogens is 3. The first-order valence-corrected chi connectivity index (χ1v) is 10.1. The van der Waals surface area contributed by atoms with E-state index in [0.717, 1.165) is 22.4 Å². The van der Waals surface area contributed by atoms with E-state index in [1.165, 1.54) is 17.3 Å². The lowest BCUT2D eigenvalue weighted by Crippen LogP contribution is -2.35. The van der Waals surface area contributed by atoms with Gasteiger partial charge >= 0.3 is 6.03 Å². The van der Waals surface area contributed by atoms with Gasteiger partial charge in [0.1, 0.15) is 6.33 Å². The smallest absolute Gasteiger partial charge is 0.307 e. The highest BCUT2D eigenvalue weighted by molar-refractivity contribution is 7.99. The van der Waals surface area contributed by atoms with Crippen LogP contribution in [-0.2, 0) is 4.79 Å². The number of hydrogen-bond donors (Lipinski definition) is 2. The van der Waals surface area contributed by atoms with Gasteiger partial charge in [-0.25, -0.2) is 4.79 Å². The Bertz CT molecular complexity index is 1060. The average Bonchev–Trinajstić information content (AvgIpc) is 3.10. The second-order valence-corrected chi connectivity index (χ2v) is 7.83. The molecule has 7 nitrogen and oxygen atoms in total. The topological polar surface area (TPSA) is 88.9 Å². The van der Waals surface area contributed by atoms with Crippen LogP contribution >= 0.6 is 11.8 Å². The number of urea groups is 1. The fraction of sp³-hybridized carbons (Fsp3) is 0.238. The predicted octanol–water partition coefficient (Wildman–Crippen LogP) is 3.94. The van der Waals surface area contributed by atoms with Crippen molar-refractivity contribution in [2.45, 2.75) is 32.9 Å². The van der Waals surface area contributed by atoms with Crippen LogP contribution in [0.2, 0.25) is 0 Å². The molecule has 1 heterocycles. The normalized spacial score (nSPS) is 10.6. The number of hydrogen-bond acceptors (Lipinski definition) is 5. The first-order chi connectivity index (χ1) is 13.8. The molecule has 0 radical (unpaired) electrons. The van der Waals surface area contributed by atoms with Gasteiger partial charge in [-0.3, -0.25) is 14.7 Å². The molecule has 0 aliphatic rings. The largest absolute Gasteiger partial charge is 0.325 e. The third-order valence-electron chi connectivity index (χ3n) is 4.34. The number of nitrogens with zero attached hydrogens (tertiary/aromatic N) is 3. The van der Waals surface area contributed by atoms with Crippen LogP contribution in [0.25, 0.3) is 5.69 Å². The SMILES string of the molecule is Cc1ccc(NC(=O)NC(=O)CSc2nncn2-c2ccc(C)cc2C)c(C)c1. The quantitative estimate of drug-likeness (QED) is 0.623. The molecule has 0 bridgehead atoms. The molecular formula is C21H23N5O2S. The van der Waals surface area contributed by atoms with Gasteiger partial charge in [0.15, 0.2) is 5.16 Å². The lowest BCUT2D eigenvalue weighted by Gasteiger charge is -2.11. The van der Waals surface area contributed by atoms with E-state index in [0.29, 0.717) is 10.8 Å². The first kappa shape index (κ1) is 20.6. The predicted molar refractivity (Wildman–Crippen MR) is 115 cm³/mol. The Labute approximate surface area is 173 Å². The lowest BCUT2D eigenvalue weighted by atomic mass is 10.1. The third kappa shape index (κ3) is 5.23. The van der Waals surface area contributed by atoms with E-state index in [9.17, 15) is 9.59 Å². The summed E-state index contributed by atoms with van der Waals surface area (Å²) in [4.78, 5) is 24.3. The average molecular weight is 410 g/mol. The maximum absolute atomic E-state index is 12.2. The molecule has 0 aliphatic carbocycles. The van der Waals surface area contributed by atoms with E-state index in [1.54, 1.807) is 6.33 Å². The molecule has 0 saturated heterocycles. The highest BCUT2D eigenvalue weighted by Crippen LogP contribution is 2.22. The molecule has 0 aliphatic heterocycles. The molecule has 150 valence electrons. The van der Waals surface area contributed by atoms with Gasteiger partial charge < -0.3 is 5.32 Å². The number of benzene rings is 2. The van der Waals surface area contributed by atoms with Gasteiger partial charge in [0, 0.05) is 5.69 Å². The number of carbonyl (C=O) groups is 2. The number of rotatable bonds is 5. The Hall–Kier alpha value is -3.13. The maximum Gasteiger partial charge on any atom is 0.325 e. The van der Waals surface area contributed by atoms with Crippen molar-refractivity contribution in [3.05, 3.63) is 65.0 Å². The van der Waals surface area contributed by atoms with Crippen molar-refractivity contribution in [1.82, 2.24) is 20.1 Å². The van der Waals surface area contributed by atoms with Gasteiger partial charge in [-0.2, -0.15) is 0 Å². The van der Waals surface area contributed by atoms with Crippen LogP contribution in [0, 0.1) is 27.7 Å². The number of imide groups is 1. The Kier molecular flexibility index (Phi) is 6.33. The van der Waals surface area contributed by atoms with Crippen LogP contribution in [-0.4, -0.2) is 32.5 Å². The van der Waals surface area contributed by atoms with Crippen molar-refractivity contribution in [3.8, 4) is 5.69 Å². The number of nitrogens with one attached hydrogen (secondary N) is 2. The highest BCUT2D eigenvalue weighted by atomic mass is 32.2. The minimum Gasteiger partial charge on any atom is -0.307 e. The summed E-state index contributed by atoms with van der Waals surface area (Å²) in [6.45, 7) is 7.93. The van der Waals surface area contributed by atoms with Gasteiger partial charge in [0.2, 0.25) is 5.91 Å². The maximum atomic E-state index is 12.2.